The van der Waals surface area contributed by atoms with Crippen molar-refractivity contribution in [2.24, 2.45) is 7.05 Å². The molecule has 9 nitrogen and oxygen atoms in total. The van der Waals surface area contributed by atoms with Crippen molar-refractivity contribution >= 4 is 11.7 Å². The largest absolute Gasteiger partial charge is 0.462 e. The Morgan fingerprint density at radius 1 is 1.45 bits per heavy atom. The molecule has 2 rings (SSSR count). The van der Waals surface area contributed by atoms with Crippen LogP contribution in [0.2, 0.25) is 0 Å². The van der Waals surface area contributed by atoms with E-state index in [1.54, 1.807) is 14.0 Å². The Bertz CT molecular complexity index is 667. The SMILES string of the molecule is CCOC(=O)c1cc(-c2nnnn2C)cc([N+](=O)[O-])c1. The van der Waals surface area contributed by atoms with E-state index in [2.05, 4.69) is 15.5 Å². The first kappa shape index (κ1) is 13.6. The zero-order chi connectivity index (χ0) is 14.7. The van der Waals surface area contributed by atoms with Gasteiger partial charge in [-0.3, -0.25) is 10.1 Å². The van der Waals surface area contributed by atoms with Crippen LogP contribution in [0.25, 0.3) is 11.4 Å². The van der Waals surface area contributed by atoms with Crippen LogP contribution in [-0.2, 0) is 11.8 Å². The first-order chi connectivity index (χ1) is 9.52. The highest BCUT2D eigenvalue weighted by Crippen LogP contribution is 2.24. The van der Waals surface area contributed by atoms with Crippen molar-refractivity contribution < 1.29 is 14.5 Å². The molecule has 0 N–H and O–H groups in total. The van der Waals surface area contributed by atoms with Gasteiger partial charge in [-0.15, -0.1) is 5.10 Å². The summed E-state index contributed by atoms with van der Waals surface area (Å²) in [6.45, 7) is 1.84. The number of nitro benzene ring substituents is 1. The number of carbonyl (C=O) groups excluding carboxylic acids is 1. The second-order valence-corrected chi connectivity index (χ2v) is 3.87. The molecule has 0 aliphatic heterocycles. The van der Waals surface area contributed by atoms with Crippen LogP contribution in [0.15, 0.2) is 18.2 Å². The van der Waals surface area contributed by atoms with E-state index in [1.165, 1.54) is 16.8 Å². The lowest BCUT2D eigenvalue weighted by molar-refractivity contribution is -0.384. The number of aryl methyl sites for hydroxylation is 1. The van der Waals surface area contributed by atoms with Crippen LogP contribution in [0.4, 0.5) is 5.69 Å². The predicted molar refractivity (Wildman–Crippen MR) is 66.8 cm³/mol. The van der Waals surface area contributed by atoms with Gasteiger partial charge in [-0.05, 0) is 23.4 Å². The molecule has 1 heterocycles. The van der Waals surface area contributed by atoms with Crippen LogP contribution in [0.1, 0.15) is 17.3 Å². The van der Waals surface area contributed by atoms with Crippen LogP contribution in [0.3, 0.4) is 0 Å². The number of nitrogens with zero attached hydrogens (tertiary/aromatic N) is 5. The van der Waals surface area contributed by atoms with Crippen molar-refractivity contribution in [3.8, 4) is 11.4 Å². The molecule has 1 aromatic carbocycles. The predicted octanol–water partition coefficient (Wildman–Crippen LogP) is 0.962. The quantitative estimate of drug-likeness (QED) is 0.464. The third kappa shape index (κ3) is 2.60. The molecule has 9 heteroatoms. The Hall–Kier alpha value is -2.84. The van der Waals surface area contributed by atoms with Crippen LogP contribution < -0.4 is 0 Å². The second kappa shape index (κ2) is 5.43. The summed E-state index contributed by atoms with van der Waals surface area (Å²) in [5.41, 5.74) is 0.224. The lowest BCUT2D eigenvalue weighted by atomic mass is 10.1. The summed E-state index contributed by atoms with van der Waals surface area (Å²) in [6, 6.07) is 3.91. The number of esters is 1. The van der Waals surface area contributed by atoms with Gasteiger partial charge in [0.05, 0.1) is 17.1 Å². The van der Waals surface area contributed by atoms with Gasteiger partial charge in [0.25, 0.3) is 5.69 Å². The summed E-state index contributed by atoms with van der Waals surface area (Å²) in [6.07, 6.45) is 0. The normalized spacial score (nSPS) is 10.3. The van der Waals surface area contributed by atoms with E-state index < -0.39 is 10.9 Å². The Morgan fingerprint density at radius 3 is 2.75 bits per heavy atom. The van der Waals surface area contributed by atoms with E-state index in [0.29, 0.717) is 11.4 Å². The zero-order valence-electron chi connectivity index (χ0n) is 10.8. The van der Waals surface area contributed by atoms with Gasteiger partial charge in [-0.1, -0.05) is 0 Å². The lowest BCUT2D eigenvalue weighted by Crippen LogP contribution is -2.06. The number of carbonyl (C=O) groups is 1. The molecule has 0 bridgehead atoms. The average Bonchev–Trinajstić information content (AvgIpc) is 2.84. The Balaban J connectivity index is 2.55. The van der Waals surface area contributed by atoms with Gasteiger partial charge in [0.2, 0.25) is 0 Å². The molecule has 0 saturated heterocycles. The van der Waals surface area contributed by atoms with E-state index in [1.807, 2.05) is 0 Å². The molecule has 0 aliphatic carbocycles. The number of tetrazole rings is 1. The molecule has 0 unspecified atom stereocenters. The minimum Gasteiger partial charge on any atom is -0.462 e. The maximum atomic E-state index is 11.7. The summed E-state index contributed by atoms with van der Waals surface area (Å²) in [4.78, 5) is 22.1. The lowest BCUT2D eigenvalue weighted by Gasteiger charge is -2.04. The average molecular weight is 277 g/mol. The van der Waals surface area contributed by atoms with Gasteiger partial charge in [-0.2, -0.15) is 0 Å². The number of hydrogen-bond donors (Lipinski definition) is 0. The minimum absolute atomic E-state index is 0.0825. The fourth-order valence-corrected chi connectivity index (χ4v) is 1.65. The fraction of sp³-hybridized carbons (Fsp3) is 0.273. The van der Waals surface area contributed by atoms with Gasteiger partial charge >= 0.3 is 5.97 Å². The number of nitro groups is 1. The molecule has 104 valence electrons. The molecule has 0 fully saturated rings. The maximum absolute atomic E-state index is 11.7. The Morgan fingerprint density at radius 2 is 2.20 bits per heavy atom. The van der Waals surface area contributed by atoms with Crippen molar-refractivity contribution in [2.75, 3.05) is 6.61 Å². The topological polar surface area (TPSA) is 113 Å². The van der Waals surface area contributed by atoms with Gasteiger partial charge in [0, 0.05) is 24.7 Å². The molecule has 0 radical (unpaired) electrons. The summed E-state index contributed by atoms with van der Waals surface area (Å²) in [5.74, 6) is -0.313. The van der Waals surface area contributed by atoms with Crippen molar-refractivity contribution in [3.05, 3.63) is 33.9 Å². The van der Waals surface area contributed by atoms with E-state index in [4.69, 9.17) is 4.74 Å². The monoisotopic (exact) mass is 277 g/mol. The van der Waals surface area contributed by atoms with E-state index in [0.717, 1.165) is 6.07 Å². The minimum atomic E-state index is -0.632. The molecule has 0 spiro atoms. The molecule has 1 aromatic heterocycles. The van der Waals surface area contributed by atoms with Gasteiger partial charge < -0.3 is 4.74 Å². The van der Waals surface area contributed by atoms with Crippen molar-refractivity contribution in [1.82, 2.24) is 20.2 Å². The first-order valence-corrected chi connectivity index (χ1v) is 5.72. The fourth-order valence-electron chi connectivity index (χ4n) is 1.65. The number of rotatable bonds is 4. The number of non-ortho nitro benzene ring substituents is 1. The Kier molecular flexibility index (Phi) is 3.69. The highest BCUT2D eigenvalue weighted by Gasteiger charge is 2.18. The number of hydrogen-bond acceptors (Lipinski definition) is 7. The van der Waals surface area contributed by atoms with Crippen molar-refractivity contribution in [2.45, 2.75) is 6.92 Å². The third-order valence-corrected chi connectivity index (χ3v) is 2.52. The summed E-state index contributed by atoms with van der Waals surface area (Å²) in [7, 11) is 1.60. The zero-order valence-corrected chi connectivity index (χ0v) is 10.8. The highest BCUT2D eigenvalue weighted by atomic mass is 16.6. The molecule has 20 heavy (non-hydrogen) atoms. The number of aromatic nitrogens is 4. The maximum Gasteiger partial charge on any atom is 0.338 e. The van der Waals surface area contributed by atoms with E-state index >= 15 is 0 Å². The molecule has 0 aliphatic rings. The number of benzene rings is 1. The summed E-state index contributed by atoms with van der Waals surface area (Å²) < 4.78 is 6.20. The van der Waals surface area contributed by atoms with Crippen LogP contribution >= 0.6 is 0 Å². The first-order valence-electron chi connectivity index (χ1n) is 5.72. The van der Waals surface area contributed by atoms with Crippen molar-refractivity contribution in [1.29, 1.82) is 0 Å². The van der Waals surface area contributed by atoms with Gasteiger partial charge in [-0.25, -0.2) is 9.48 Å². The molecule has 0 amide bonds. The van der Waals surface area contributed by atoms with E-state index in [9.17, 15) is 14.9 Å². The third-order valence-electron chi connectivity index (χ3n) is 2.52. The Labute approximate surface area is 113 Å². The van der Waals surface area contributed by atoms with E-state index in [-0.39, 0.29) is 17.9 Å². The molecule has 0 saturated carbocycles. The molecular weight excluding hydrogens is 266 g/mol. The second-order valence-electron chi connectivity index (χ2n) is 3.87. The van der Waals surface area contributed by atoms with Crippen LogP contribution in [-0.4, -0.2) is 37.7 Å². The molecular formula is C11H11N5O4. The van der Waals surface area contributed by atoms with Gasteiger partial charge in [0.15, 0.2) is 5.82 Å². The summed E-state index contributed by atoms with van der Waals surface area (Å²) in [5, 5.41) is 21.8. The van der Waals surface area contributed by atoms with Gasteiger partial charge in [0.1, 0.15) is 0 Å². The highest BCUT2D eigenvalue weighted by molar-refractivity contribution is 5.91. The molecule has 2 aromatic rings. The molecule has 0 atom stereocenters. The number of ether oxygens (including phenoxy) is 1. The van der Waals surface area contributed by atoms with Crippen LogP contribution in [0.5, 0.6) is 0 Å². The van der Waals surface area contributed by atoms with Crippen LogP contribution in [0, 0.1) is 10.1 Å². The summed E-state index contributed by atoms with van der Waals surface area (Å²) >= 11 is 0. The standard InChI is InChI=1S/C11H11N5O4/c1-3-20-11(17)8-4-7(5-9(6-8)16(18)19)10-12-13-14-15(10)2/h4-6H,3H2,1-2H3. The smallest absolute Gasteiger partial charge is 0.338 e. The van der Waals surface area contributed by atoms with Crippen molar-refractivity contribution in [3.63, 3.8) is 0 Å².